The molecule has 3 heterocycles. The molecule has 0 saturated heterocycles. The van der Waals surface area contributed by atoms with Gasteiger partial charge in [0.05, 0.1) is 5.69 Å². The summed E-state index contributed by atoms with van der Waals surface area (Å²) in [6.45, 7) is 3.19. The third-order valence-electron chi connectivity index (χ3n) is 5.85. The second kappa shape index (κ2) is 7.03. The van der Waals surface area contributed by atoms with E-state index in [1.54, 1.807) is 6.20 Å². The highest BCUT2D eigenvalue weighted by Crippen LogP contribution is 2.33. The molecule has 0 radical (unpaired) electrons. The van der Waals surface area contributed by atoms with Crippen LogP contribution in [-0.2, 0) is 20.1 Å². The summed E-state index contributed by atoms with van der Waals surface area (Å²) in [5.41, 5.74) is 6.02. The highest BCUT2D eigenvalue weighted by molar-refractivity contribution is 6.00. The molecule has 3 aromatic rings. The number of rotatable bonds is 5. The fraction of sp³-hybridized carbons (Fsp3) is 0.348. The average molecular weight is 388 g/mol. The number of carbonyl (C=O) groups is 1. The molecule has 0 atom stereocenters. The van der Waals surface area contributed by atoms with Gasteiger partial charge in [-0.2, -0.15) is 5.10 Å². The monoisotopic (exact) mass is 388 g/mol. The van der Waals surface area contributed by atoms with Crippen LogP contribution in [0.4, 0.5) is 0 Å². The fourth-order valence-electron chi connectivity index (χ4n) is 4.03. The van der Waals surface area contributed by atoms with E-state index in [4.69, 9.17) is 4.74 Å². The van der Waals surface area contributed by atoms with Crippen molar-refractivity contribution < 1.29 is 9.53 Å². The van der Waals surface area contributed by atoms with E-state index in [0.717, 1.165) is 40.8 Å². The number of aryl methyl sites for hydroxylation is 2. The van der Waals surface area contributed by atoms with E-state index < -0.39 is 0 Å². The van der Waals surface area contributed by atoms with E-state index in [2.05, 4.69) is 34.3 Å². The molecule has 1 aliphatic carbocycles. The SMILES string of the molecule is Cc1nn(C)cc1-c1ccc(CN2Cc3ccnc(OC4CCC4)c3C2=O)cc1. The number of ether oxygens (including phenoxy) is 1. The summed E-state index contributed by atoms with van der Waals surface area (Å²) >= 11 is 0. The lowest BCUT2D eigenvalue weighted by Gasteiger charge is -2.26. The van der Waals surface area contributed by atoms with E-state index in [1.165, 1.54) is 6.42 Å². The summed E-state index contributed by atoms with van der Waals surface area (Å²) in [6.07, 6.45) is 7.27. The number of carbonyl (C=O) groups excluding carboxylic acids is 1. The number of nitrogens with zero attached hydrogens (tertiary/aromatic N) is 4. The van der Waals surface area contributed by atoms with Crippen LogP contribution >= 0.6 is 0 Å². The summed E-state index contributed by atoms with van der Waals surface area (Å²) in [5, 5.41) is 4.41. The second-order valence-corrected chi connectivity index (χ2v) is 7.98. The van der Waals surface area contributed by atoms with E-state index in [-0.39, 0.29) is 12.0 Å². The number of hydrogen-bond acceptors (Lipinski definition) is 4. The molecule has 148 valence electrons. The molecule has 1 fully saturated rings. The van der Waals surface area contributed by atoms with Gasteiger partial charge in [0.25, 0.3) is 5.91 Å². The van der Waals surface area contributed by atoms with Crippen molar-refractivity contribution in [3.8, 4) is 17.0 Å². The maximum Gasteiger partial charge on any atom is 0.260 e. The predicted octanol–water partition coefficient (Wildman–Crippen LogP) is 3.88. The van der Waals surface area contributed by atoms with Gasteiger partial charge in [0.2, 0.25) is 5.88 Å². The summed E-state index contributed by atoms with van der Waals surface area (Å²) in [5.74, 6) is 0.511. The standard InChI is InChI=1S/C23H24N4O2/c1-15-20(14-26(2)25-15)17-8-6-16(7-9-17)12-27-13-18-10-11-24-22(21(18)23(27)28)29-19-4-3-5-19/h6-11,14,19H,3-5,12-13H2,1-2H3. The Morgan fingerprint density at radius 3 is 2.62 bits per heavy atom. The largest absolute Gasteiger partial charge is 0.474 e. The zero-order chi connectivity index (χ0) is 20.0. The first-order valence-corrected chi connectivity index (χ1v) is 10.1. The van der Waals surface area contributed by atoms with Crippen molar-refractivity contribution in [2.24, 2.45) is 7.05 Å². The third-order valence-corrected chi connectivity index (χ3v) is 5.85. The highest BCUT2D eigenvalue weighted by Gasteiger charge is 2.33. The van der Waals surface area contributed by atoms with Crippen LogP contribution in [-0.4, -0.2) is 31.7 Å². The van der Waals surface area contributed by atoms with Crippen LogP contribution in [0, 0.1) is 6.92 Å². The second-order valence-electron chi connectivity index (χ2n) is 7.98. The summed E-state index contributed by atoms with van der Waals surface area (Å²) in [7, 11) is 1.93. The molecule has 1 saturated carbocycles. The first-order valence-electron chi connectivity index (χ1n) is 10.1. The summed E-state index contributed by atoms with van der Waals surface area (Å²) in [4.78, 5) is 19.2. The first-order chi connectivity index (χ1) is 14.1. The van der Waals surface area contributed by atoms with Crippen molar-refractivity contribution in [1.29, 1.82) is 0 Å². The molecule has 1 aliphatic heterocycles. The number of aromatic nitrogens is 3. The van der Waals surface area contributed by atoms with E-state index in [9.17, 15) is 4.79 Å². The summed E-state index contributed by atoms with van der Waals surface area (Å²) in [6, 6.07) is 10.3. The van der Waals surface area contributed by atoms with Gasteiger partial charge in [-0.3, -0.25) is 9.48 Å². The van der Waals surface area contributed by atoms with Gasteiger partial charge in [-0.25, -0.2) is 4.98 Å². The Bertz CT molecular complexity index is 1070. The first kappa shape index (κ1) is 17.9. The molecule has 2 aliphatic rings. The normalized spacial score (nSPS) is 16.1. The smallest absolute Gasteiger partial charge is 0.260 e. The molecule has 6 nitrogen and oxygen atoms in total. The van der Waals surface area contributed by atoms with Crippen LogP contribution in [0.5, 0.6) is 5.88 Å². The minimum atomic E-state index is 0.00889. The van der Waals surface area contributed by atoms with Crippen LogP contribution in [0.3, 0.4) is 0 Å². The van der Waals surface area contributed by atoms with Gasteiger partial charge >= 0.3 is 0 Å². The molecule has 5 rings (SSSR count). The van der Waals surface area contributed by atoms with Gasteiger partial charge in [0.1, 0.15) is 11.7 Å². The molecule has 29 heavy (non-hydrogen) atoms. The van der Waals surface area contributed by atoms with Crippen molar-refractivity contribution in [2.45, 2.75) is 45.4 Å². The van der Waals surface area contributed by atoms with Crippen molar-refractivity contribution in [2.75, 3.05) is 0 Å². The molecule has 6 heteroatoms. The van der Waals surface area contributed by atoms with Crippen LogP contribution in [0.2, 0.25) is 0 Å². The van der Waals surface area contributed by atoms with Crippen molar-refractivity contribution >= 4 is 5.91 Å². The number of hydrogen-bond donors (Lipinski definition) is 0. The van der Waals surface area contributed by atoms with Gasteiger partial charge < -0.3 is 9.64 Å². The maximum absolute atomic E-state index is 13.0. The van der Waals surface area contributed by atoms with Crippen molar-refractivity contribution in [3.63, 3.8) is 0 Å². The number of pyridine rings is 1. The quantitative estimate of drug-likeness (QED) is 0.666. The molecular formula is C23H24N4O2. The van der Waals surface area contributed by atoms with Crippen LogP contribution in [0.1, 0.15) is 46.4 Å². The minimum absolute atomic E-state index is 0.00889. The lowest BCUT2D eigenvalue weighted by molar-refractivity contribution is 0.0750. The topological polar surface area (TPSA) is 60.3 Å². The highest BCUT2D eigenvalue weighted by atomic mass is 16.5. The maximum atomic E-state index is 13.0. The van der Waals surface area contributed by atoms with Crippen molar-refractivity contribution in [3.05, 3.63) is 65.1 Å². The Labute approximate surface area is 170 Å². The number of benzene rings is 1. The lowest BCUT2D eigenvalue weighted by atomic mass is 9.96. The molecule has 1 aromatic carbocycles. The van der Waals surface area contributed by atoms with Gasteiger partial charge in [0, 0.05) is 38.1 Å². The van der Waals surface area contributed by atoms with Crippen LogP contribution in [0.15, 0.2) is 42.7 Å². The van der Waals surface area contributed by atoms with E-state index in [0.29, 0.717) is 24.5 Å². The molecule has 0 unspecified atom stereocenters. The van der Waals surface area contributed by atoms with Gasteiger partial charge in [0.15, 0.2) is 0 Å². The predicted molar refractivity (Wildman–Crippen MR) is 109 cm³/mol. The molecule has 0 N–H and O–H groups in total. The van der Waals surface area contributed by atoms with E-state index >= 15 is 0 Å². The average Bonchev–Trinajstić information content (AvgIpc) is 3.18. The minimum Gasteiger partial charge on any atom is -0.474 e. The Balaban J connectivity index is 1.33. The molecule has 2 aromatic heterocycles. The van der Waals surface area contributed by atoms with Gasteiger partial charge in [-0.15, -0.1) is 0 Å². The zero-order valence-electron chi connectivity index (χ0n) is 16.8. The lowest BCUT2D eigenvalue weighted by Crippen LogP contribution is -2.27. The molecule has 1 amide bonds. The molecular weight excluding hydrogens is 364 g/mol. The van der Waals surface area contributed by atoms with Crippen LogP contribution in [0.25, 0.3) is 11.1 Å². The Kier molecular flexibility index (Phi) is 4.34. The van der Waals surface area contributed by atoms with Gasteiger partial charge in [-0.05, 0) is 48.9 Å². The number of fused-ring (bicyclic) bond motifs is 1. The summed E-state index contributed by atoms with van der Waals surface area (Å²) < 4.78 is 7.80. The Morgan fingerprint density at radius 2 is 1.97 bits per heavy atom. The molecule has 0 spiro atoms. The Morgan fingerprint density at radius 1 is 1.17 bits per heavy atom. The fourth-order valence-corrected chi connectivity index (χ4v) is 4.03. The number of amides is 1. The molecule has 0 bridgehead atoms. The van der Waals surface area contributed by atoms with Crippen LogP contribution < -0.4 is 4.74 Å². The third kappa shape index (κ3) is 3.28. The van der Waals surface area contributed by atoms with E-state index in [1.807, 2.05) is 35.8 Å². The van der Waals surface area contributed by atoms with Gasteiger partial charge in [-0.1, -0.05) is 24.3 Å². The van der Waals surface area contributed by atoms with Crippen molar-refractivity contribution in [1.82, 2.24) is 19.7 Å². The zero-order valence-corrected chi connectivity index (χ0v) is 16.8. The Hall–Kier alpha value is -3.15.